The highest BCUT2D eigenvalue weighted by molar-refractivity contribution is 7.99. The number of hydrogen-bond donors (Lipinski definition) is 1. The van der Waals surface area contributed by atoms with Crippen LogP contribution in [-0.4, -0.2) is 34.4 Å². The lowest BCUT2D eigenvalue weighted by Gasteiger charge is -2.23. The first kappa shape index (κ1) is 14.9. The van der Waals surface area contributed by atoms with E-state index in [4.69, 9.17) is 0 Å². The molecule has 108 valence electrons. The van der Waals surface area contributed by atoms with E-state index in [1.807, 2.05) is 39.0 Å². The van der Waals surface area contributed by atoms with Crippen molar-refractivity contribution in [3.8, 4) is 0 Å². The molecule has 2 amide bonds. The van der Waals surface area contributed by atoms with E-state index in [2.05, 4.69) is 5.32 Å². The summed E-state index contributed by atoms with van der Waals surface area (Å²) in [6, 6.07) is 5.57. The fourth-order valence-electron chi connectivity index (χ4n) is 2.28. The van der Waals surface area contributed by atoms with E-state index in [0.717, 1.165) is 11.3 Å². The Labute approximate surface area is 123 Å². The molecule has 1 aromatic carbocycles. The van der Waals surface area contributed by atoms with Gasteiger partial charge in [0.15, 0.2) is 0 Å². The van der Waals surface area contributed by atoms with Crippen molar-refractivity contribution in [1.82, 2.24) is 4.90 Å². The van der Waals surface area contributed by atoms with Gasteiger partial charge in [0.2, 0.25) is 11.8 Å². The number of anilines is 1. The summed E-state index contributed by atoms with van der Waals surface area (Å²) in [5, 5.41) is 2.94. The zero-order chi connectivity index (χ0) is 14.7. The Hall–Kier alpha value is -1.49. The van der Waals surface area contributed by atoms with E-state index in [1.165, 1.54) is 5.56 Å². The van der Waals surface area contributed by atoms with Crippen LogP contribution in [-0.2, 0) is 9.59 Å². The Morgan fingerprint density at radius 3 is 2.80 bits per heavy atom. The van der Waals surface area contributed by atoms with Crippen molar-refractivity contribution in [3.05, 3.63) is 29.3 Å². The molecule has 1 N–H and O–H groups in total. The summed E-state index contributed by atoms with van der Waals surface area (Å²) in [5.74, 6) is 1.22. The Morgan fingerprint density at radius 1 is 1.40 bits per heavy atom. The summed E-state index contributed by atoms with van der Waals surface area (Å²) in [6.45, 7) is 5.82. The number of amides is 2. The average molecular weight is 292 g/mol. The molecule has 1 saturated heterocycles. The first-order valence-electron chi connectivity index (χ1n) is 6.78. The molecule has 0 bridgehead atoms. The highest BCUT2D eigenvalue weighted by atomic mass is 32.2. The maximum Gasteiger partial charge on any atom is 0.248 e. The molecule has 1 aliphatic rings. The van der Waals surface area contributed by atoms with Gasteiger partial charge in [0.05, 0.1) is 5.88 Å². The normalized spacial score (nSPS) is 18.1. The second-order valence-electron chi connectivity index (χ2n) is 5.04. The third-order valence-electron chi connectivity index (χ3n) is 3.45. The molecular weight excluding hydrogens is 272 g/mol. The molecule has 1 heterocycles. The fourth-order valence-corrected chi connectivity index (χ4v) is 3.46. The van der Waals surface area contributed by atoms with Crippen molar-refractivity contribution < 1.29 is 9.59 Å². The Balaban J connectivity index is 2.09. The summed E-state index contributed by atoms with van der Waals surface area (Å²) in [7, 11) is 0. The summed E-state index contributed by atoms with van der Waals surface area (Å²) >= 11 is 1.62. The van der Waals surface area contributed by atoms with Gasteiger partial charge in [-0.15, -0.1) is 11.8 Å². The van der Waals surface area contributed by atoms with Crippen LogP contribution in [0.15, 0.2) is 18.2 Å². The van der Waals surface area contributed by atoms with Crippen LogP contribution in [0, 0.1) is 13.8 Å². The van der Waals surface area contributed by atoms with Gasteiger partial charge in [-0.3, -0.25) is 9.59 Å². The van der Waals surface area contributed by atoms with Crippen LogP contribution in [0.4, 0.5) is 5.69 Å². The number of rotatable bonds is 3. The van der Waals surface area contributed by atoms with Gasteiger partial charge in [-0.05, 0) is 25.5 Å². The highest BCUT2D eigenvalue weighted by Crippen LogP contribution is 2.24. The smallest absolute Gasteiger partial charge is 0.248 e. The summed E-state index contributed by atoms with van der Waals surface area (Å²) < 4.78 is 0. The number of carbonyl (C=O) groups is 2. The van der Waals surface area contributed by atoms with Crippen LogP contribution in [0.2, 0.25) is 0 Å². The maximum atomic E-state index is 12.4. The molecule has 0 unspecified atom stereocenters. The number of thioether (sulfide) groups is 1. The van der Waals surface area contributed by atoms with Gasteiger partial charge in [-0.1, -0.05) is 24.6 Å². The van der Waals surface area contributed by atoms with Gasteiger partial charge in [-0.2, -0.15) is 0 Å². The number of nitrogens with zero attached hydrogens (tertiary/aromatic N) is 1. The standard InChI is InChI=1S/C15H20N2O2S/c1-4-14(18)17-9-20-8-13(17)15(19)16-12-6-5-10(2)7-11(12)3/h5-7,13H,4,8-9H2,1-3H3,(H,16,19)/t13-/m0/s1. The summed E-state index contributed by atoms with van der Waals surface area (Å²) in [5.41, 5.74) is 3.03. The minimum Gasteiger partial charge on any atom is -0.324 e. The zero-order valence-electron chi connectivity index (χ0n) is 12.1. The minimum atomic E-state index is -0.354. The molecule has 20 heavy (non-hydrogen) atoms. The minimum absolute atomic E-state index is 0.0378. The summed E-state index contributed by atoms with van der Waals surface area (Å²) in [4.78, 5) is 25.9. The number of carbonyl (C=O) groups excluding carboxylic acids is 2. The van der Waals surface area contributed by atoms with E-state index < -0.39 is 0 Å². The van der Waals surface area contributed by atoms with Crippen molar-refractivity contribution >= 4 is 29.3 Å². The van der Waals surface area contributed by atoms with Crippen molar-refractivity contribution in [2.45, 2.75) is 33.2 Å². The molecule has 0 saturated carbocycles. The second kappa shape index (κ2) is 6.31. The summed E-state index contributed by atoms with van der Waals surface area (Å²) in [6.07, 6.45) is 0.438. The first-order valence-corrected chi connectivity index (χ1v) is 7.93. The van der Waals surface area contributed by atoms with Crippen LogP contribution in [0.1, 0.15) is 24.5 Å². The molecule has 0 aliphatic carbocycles. The average Bonchev–Trinajstić information content (AvgIpc) is 2.90. The molecule has 1 aliphatic heterocycles. The SMILES string of the molecule is CCC(=O)N1CSC[C@H]1C(=O)Nc1ccc(C)cc1C. The Kier molecular flexibility index (Phi) is 4.70. The van der Waals surface area contributed by atoms with Crippen LogP contribution in [0.5, 0.6) is 0 Å². The largest absolute Gasteiger partial charge is 0.324 e. The van der Waals surface area contributed by atoms with E-state index in [0.29, 0.717) is 18.1 Å². The number of benzene rings is 1. The fraction of sp³-hybridized carbons (Fsp3) is 0.467. The van der Waals surface area contributed by atoms with Crippen molar-refractivity contribution in [3.63, 3.8) is 0 Å². The molecule has 1 aromatic rings. The topological polar surface area (TPSA) is 49.4 Å². The first-order chi connectivity index (χ1) is 9.52. The molecule has 5 heteroatoms. The van der Waals surface area contributed by atoms with Crippen molar-refractivity contribution in [1.29, 1.82) is 0 Å². The highest BCUT2D eigenvalue weighted by Gasteiger charge is 2.33. The molecule has 0 aromatic heterocycles. The lowest BCUT2D eigenvalue weighted by atomic mass is 10.1. The van der Waals surface area contributed by atoms with E-state index in [9.17, 15) is 9.59 Å². The van der Waals surface area contributed by atoms with Crippen molar-refractivity contribution in [2.75, 3.05) is 16.9 Å². The second-order valence-corrected chi connectivity index (χ2v) is 6.04. The Morgan fingerprint density at radius 2 is 2.15 bits per heavy atom. The lowest BCUT2D eigenvalue weighted by molar-refractivity contribution is -0.135. The predicted octanol–water partition coefficient (Wildman–Crippen LogP) is 2.55. The van der Waals surface area contributed by atoms with E-state index in [-0.39, 0.29) is 17.9 Å². The molecule has 0 radical (unpaired) electrons. The number of aryl methyl sites for hydroxylation is 2. The van der Waals surface area contributed by atoms with Crippen LogP contribution < -0.4 is 5.32 Å². The molecule has 1 fully saturated rings. The van der Waals surface area contributed by atoms with Gasteiger partial charge < -0.3 is 10.2 Å². The predicted molar refractivity (Wildman–Crippen MR) is 82.8 cm³/mol. The third kappa shape index (κ3) is 3.15. The van der Waals surface area contributed by atoms with Crippen LogP contribution in [0.25, 0.3) is 0 Å². The van der Waals surface area contributed by atoms with E-state index in [1.54, 1.807) is 16.7 Å². The van der Waals surface area contributed by atoms with Gasteiger partial charge in [0.1, 0.15) is 6.04 Å². The molecule has 4 nitrogen and oxygen atoms in total. The Bertz CT molecular complexity index is 531. The van der Waals surface area contributed by atoms with Gasteiger partial charge in [-0.25, -0.2) is 0 Å². The van der Waals surface area contributed by atoms with Crippen LogP contribution in [0.3, 0.4) is 0 Å². The van der Waals surface area contributed by atoms with Gasteiger partial charge in [0.25, 0.3) is 0 Å². The molecule has 2 rings (SSSR count). The lowest BCUT2D eigenvalue weighted by Crippen LogP contribution is -2.44. The third-order valence-corrected chi connectivity index (χ3v) is 4.46. The van der Waals surface area contributed by atoms with Gasteiger partial charge in [0, 0.05) is 17.9 Å². The zero-order valence-corrected chi connectivity index (χ0v) is 12.9. The monoisotopic (exact) mass is 292 g/mol. The molecule has 1 atom stereocenters. The van der Waals surface area contributed by atoms with Crippen molar-refractivity contribution in [2.24, 2.45) is 0 Å². The van der Waals surface area contributed by atoms with Gasteiger partial charge >= 0.3 is 0 Å². The molecule has 0 spiro atoms. The maximum absolute atomic E-state index is 12.4. The van der Waals surface area contributed by atoms with E-state index >= 15 is 0 Å². The number of hydrogen-bond acceptors (Lipinski definition) is 3. The molecular formula is C15H20N2O2S. The number of nitrogens with one attached hydrogen (secondary N) is 1. The van der Waals surface area contributed by atoms with Crippen LogP contribution >= 0.6 is 11.8 Å². The quantitative estimate of drug-likeness (QED) is 0.931.